The molecule has 25 heavy (non-hydrogen) atoms. The molecule has 1 aromatic rings. The van der Waals surface area contributed by atoms with Crippen LogP contribution < -0.4 is 10.0 Å². The number of rotatable bonds is 4. The summed E-state index contributed by atoms with van der Waals surface area (Å²) in [7, 11) is 0. The van der Waals surface area contributed by atoms with Crippen LogP contribution in [0.25, 0.3) is 0 Å². The molecule has 132 valence electrons. The standard InChI is InChI=1S/C16H17BrN4O3S/c1-9(2)21-15(23)14-12(8-25-19-14)20(16(21)24)7-13(22)18-11-5-3-10(17)4-6-11/h3-6,8-9,14,19H,7H2,1-2H3,(H,18,22). The van der Waals surface area contributed by atoms with Crippen molar-refractivity contribution in [1.82, 2.24) is 14.5 Å². The van der Waals surface area contributed by atoms with E-state index >= 15 is 0 Å². The van der Waals surface area contributed by atoms with Gasteiger partial charge in [0.15, 0.2) is 0 Å². The molecule has 1 unspecified atom stereocenters. The number of imide groups is 1. The number of halogens is 1. The first-order valence-electron chi connectivity index (χ1n) is 7.69. The molecule has 2 aliphatic heterocycles. The van der Waals surface area contributed by atoms with E-state index in [1.807, 2.05) is 12.1 Å². The van der Waals surface area contributed by atoms with E-state index in [9.17, 15) is 14.4 Å². The van der Waals surface area contributed by atoms with Crippen LogP contribution in [0.5, 0.6) is 0 Å². The first-order valence-corrected chi connectivity index (χ1v) is 9.37. The molecule has 1 saturated heterocycles. The van der Waals surface area contributed by atoms with Crippen molar-refractivity contribution < 1.29 is 14.4 Å². The predicted octanol–water partition coefficient (Wildman–Crippen LogP) is 2.52. The van der Waals surface area contributed by atoms with E-state index in [0.29, 0.717) is 11.4 Å². The topological polar surface area (TPSA) is 81.8 Å². The number of nitrogens with one attached hydrogen (secondary N) is 2. The van der Waals surface area contributed by atoms with E-state index in [1.54, 1.807) is 31.4 Å². The van der Waals surface area contributed by atoms with Crippen LogP contribution in [0, 0.1) is 0 Å². The first kappa shape index (κ1) is 18.0. The number of urea groups is 1. The zero-order chi connectivity index (χ0) is 18.1. The van der Waals surface area contributed by atoms with Gasteiger partial charge in [0.25, 0.3) is 5.91 Å². The fourth-order valence-corrected chi connectivity index (χ4v) is 3.75. The van der Waals surface area contributed by atoms with Crippen LogP contribution in [-0.4, -0.2) is 46.3 Å². The highest BCUT2D eigenvalue weighted by Crippen LogP contribution is 2.30. The molecule has 2 N–H and O–H groups in total. The van der Waals surface area contributed by atoms with Crippen LogP contribution in [0.15, 0.2) is 39.8 Å². The lowest BCUT2D eigenvalue weighted by molar-refractivity contribution is -0.133. The summed E-state index contributed by atoms with van der Waals surface area (Å²) < 4.78 is 3.88. The van der Waals surface area contributed by atoms with Gasteiger partial charge in [0.1, 0.15) is 12.6 Å². The van der Waals surface area contributed by atoms with Gasteiger partial charge in [-0.15, -0.1) is 0 Å². The second kappa shape index (κ2) is 7.19. The fourth-order valence-electron chi connectivity index (χ4n) is 2.67. The van der Waals surface area contributed by atoms with E-state index in [2.05, 4.69) is 26.0 Å². The maximum Gasteiger partial charge on any atom is 0.331 e. The average Bonchev–Trinajstić information content (AvgIpc) is 3.03. The Bertz CT molecular complexity index is 750. The first-order chi connectivity index (χ1) is 11.9. The zero-order valence-electron chi connectivity index (χ0n) is 13.7. The van der Waals surface area contributed by atoms with E-state index < -0.39 is 12.1 Å². The number of anilines is 1. The molecule has 0 spiro atoms. The van der Waals surface area contributed by atoms with Gasteiger partial charge in [0.2, 0.25) is 5.91 Å². The summed E-state index contributed by atoms with van der Waals surface area (Å²) >= 11 is 4.58. The molecule has 3 rings (SSSR count). The van der Waals surface area contributed by atoms with Gasteiger partial charge in [-0.3, -0.25) is 19.4 Å². The van der Waals surface area contributed by atoms with Crippen molar-refractivity contribution in [2.24, 2.45) is 0 Å². The van der Waals surface area contributed by atoms with Crippen molar-refractivity contribution >= 4 is 51.4 Å². The van der Waals surface area contributed by atoms with Crippen molar-refractivity contribution in [3.8, 4) is 0 Å². The molecule has 0 bridgehead atoms. The van der Waals surface area contributed by atoms with Crippen LogP contribution in [0.2, 0.25) is 0 Å². The summed E-state index contributed by atoms with van der Waals surface area (Å²) in [6.45, 7) is 3.38. The molecule has 0 aliphatic carbocycles. The lowest BCUT2D eigenvalue weighted by Crippen LogP contribution is -2.62. The molecule has 0 aromatic heterocycles. The highest BCUT2D eigenvalue weighted by Gasteiger charge is 2.46. The fraction of sp³-hybridized carbons (Fsp3) is 0.312. The van der Waals surface area contributed by atoms with Crippen LogP contribution in [-0.2, 0) is 9.59 Å². The average molecular weight is 425 g/mol. The zero-order valence-corrected chi connectivity index (χ0v) is 16.1. The van der Waals surface area contributed by atoms with Crippen molar-refractivity contribution in [2.45, 2.75) is 25.9 Å². The Balaban J connectivity index is 1.77. The quantitative estimate of drug-likeness (QED) is 0.725. The van der Waals surface area contributed by atoms with Crippen molar-refractivity contribution in [3.63, 3.8) is 0 Å². The number of fused-ring (bicyclic) bond motifs is 1. The monoisotopic (exact) mass is 424 g/mol. The van der Waals surface area contributed by atoms with Gasteiger partial charge in [-0.1, -0.05) is 27.9 Å². The van der Waals surface area contributed by atoms with Crippen LogP contribution in [0.1, 0.15) is 13.8 Å². The summed E-state index contributed by atoms with van der Waals surface area (Å²) in [5, 5.41) is 4.46. The van der Waals surface area contributed by atoms with E-state index in [1.165, 1.54) is 21.7 Å². The maximum atomic E-state index is 12.7. The Morgan fingerprint density at radius 2 is 2.00 bits per heavy atom. The van der Waals surface area contributed by atoms with Crippen molar-refractivity contribution in [3.05, 3.63) is 39.8 Å². The van der Waals surface area contributed by atoms with Gasteiger partial charge in [-0.05, 0) is 38.1 Å². The number of nitrogens with zero attached hydrogens (tertiary/aromatic N) is 2. The third-order valence-corrected chi connectivity index (χ3v) is 5.10. The summed E-state index contributed by atoms with van der Waals surface area (Å²) in [6.07, 6.45) is 0. The summed E-state index contributed by atoms with van der Waals surface area (Å²) in [6, 6.07) is 5.79. The number of benzene rings is 1. The van der Waals surface area contributed by atoms with Crippen molar-refractivity contribution in [1.29, 1.82) is 0 Å². The normalized spacial score (nSPS) is 20.0. The van der Waals surface area contributed by atoms with E-state index in [0.717, 1.165) is 4.47 Å². The molecule has 0 radical (unpaired) electrons. The summed E-state index contributed by atoms with van der Waals surface area (Å²) in [4.78, 5) is 40.1. The lowest BCUT2D eigenvalue weighted by Gasteiger charge is -2.39. The Morgan fingerprint density at radius 3 is 2.64 bits per heavy atom. The van der Waals surface area contributed by atoms with Gasteiger partial charge < -0.3 is 5.32 Å². The summed E-state index contributed by atoms with van der Waals surface area (Å²) in [5.74, 6) is -0.619. The minimum Gasteiger partial charge on any atom is -0.325 e. The minimum atomic E-state index is -0.606. The van der Waals surface area contributed by atoms with Gasteiger partial charge >= 0.3 is 6.03 Å². The number of hydrogen-bond acceptors (Lipinski definition) is 5. The number of hydrogen-bond donors (Lipinski definition) is 2. The Labute approximate surface area is 158 Å². The molecular formula is C16H17BrN4O3S. The summed E-state index contributed by atoms with van der Waals surface area (Å²) in [5.41, 5.74) is 1.15. The third kappa shape index (κ3) is 3.58. The third-order valence-electron chi connectivity index (χ3n) is 3.84. The molecule has 9 heteroatoms. The molecule has 0 saturated carbocycles. The largest absolute Gasteiger partial charge is 0.331 e. The molecular weight excluding hydrogens is 408 g/mol. The second-order valence-electron chi connectivity index (χ2n) is 5.94. The molecule has 2 heterocycles. The molecule has 4 amide bonds. The van der Waals surface area contributed by atoms with Gasteiger partial charge in [-0.25, -0.2) is 9.52 Å². The molecule has 2 aliphatic rings. The molecule has 1 aromatic carbocycles. The second-order valence-corrected chi connectivity index (χ2v) is 7.56. The number of carbonyl (C=O) groups excluding carboxylic acids is 3. The Kier molecular flexibility index (Phi) is 5.16. The molecule has 7 nitrogen and oxygen atoms in total. The van der Waals surface area contributed by atoms with Crippen LogP contribution in [0.3, 0.4) is 0 Å². The van der Waals surface area contributed by atoms with Crippen LogP contribution >= 0.6 is 27.9 Å². The number of amides is 4. The Morgan fingerprint density at radius 1 is 1.32 bits per heavy atom. The van der Waals surface area contributed by atoms with Gasteiger partial charge in [-0.2, -0.15) is 0 Å². The van der Waals surface area contributed by atoms with Crippen LogP contribution in [0.4, 0.5) is 10.5 Å². The predicted molar refractivity (Wildman–Crippen MR) is 99.5 cm³/mol. The number of carbonyl (C=O) groups is 3. The van der Waals surface area contributed by atoms with E-state index in [4.69, 9.17) is 0 Å². The highest BCUT2D eigenvalue weighted by atomic mass is 79.9. The molecule has 1 fully saturated rings. The molecule has 1 atom stereocenters. The SMILES string of the molecule is CC(C)N1C(=O)C2NSC=C2N(CC(=O)Nc2ccc(Br)cc2)C1=O. The van der Waals surface area contributed by atoms with Gasteiger partial charge in [0.05, 0.1) is 5.70 Å². The smallest absolute Gasteiger partial charge is 0.325 e. The minimum absolute atomic E-state index is 0.157. The lowest BCUT2D eigenvalue weighted by atomic mass is 10.1. The van der Waals surface area contributed by atoms with Crippen molar-refractivity contribution in [2.75, 3.05) is 11.9 Å². The van der Waals surface area contributed by atoms with E-state index in [-0.39, 0.29) is 24.4 Å². The maximum absolute atomic E-state index is 12.7. The highest BCUT2D eigenvalue weighted by molar-refractivity contribution is 9.10. The van der Waals surface area contributed by atoms with Gasteiger partial charge in [0, 0.05) is 21.6 Å². The Hall–Kier alpha value is -1.84.